The minimum absolute atomic E-state index is 0.0504. The summed E-state index contributed by atoms with van der Waals surface area (Å²) in [5.41, 5.74) is 0. The van der Waals surface area contributed by atoms with Gasteiger partial charge < -0.3 is 10.2 Å². The number of rotatable bonds is 3. The van der Waals surface area contributed by atoms with Crippen LogP contribution in [0.5, 0.6) is 0 Å². The first kappa shape index (κ1) is 11.3. The van der Waals surface area contributed by atoms with Crippen LogP contribution in [0.3, 0.4) is 0 Å². The summed E-state index contributed by atoms with van der Waals surface area (Å²) in [6.07, 6.45) is 3.74. The smallest absolute Gasteiger partial charge is 0.0609 e. The van der Waals surface area contributed by atoms with Gasteiger partial charge in [0.05, 0.1) is 19.3 Å². The van der Waals surface area contributed by atoms with Gasteiger partial charge in [-0.25, -0.2) is 0 Å². The molecule has 2 heterocycles. The molecule has 2 rings (SSSR count). The first-order chi connectivity index (χ1) is 7.35. The highest BCUT2D eigenvalue weighted by Crippen LogP contribution is 2.22. The summed E-state index contributed by atoms with van der Waals surface area (Å²) < 4.78 is 0. The van der Waals surface area contributed by atoms with E-state index in [1.165, 1.54) is 25.9 Å². The van der Waals surface area contributed by atoms with E-state index in [9.17, 15) is 10.2 Å². The Kier molecular flexibility index (Phi) is 3.97. The Morgan fingerprint density at radius 1 is 1.07 bits per heavy atom. The van der Waals surface area contributed by atoms with Crippen molar-refractivity contribution in [3.63, 3.8) is 0 Å². The third kappa shape index (κ3) is 2.50. The number of hydrogen-bond donors (Lipinski definition) is 2. The lowest BCUT2D eigenvalue weighted by Crippen LogP contribution is -2.45. The molecule has 0 aromatic heterocycles. The number of nitrogens with zero attached hydrogens (tertiary/aromatic N) is 2. The molecule has 0 spiro atoms. The molecule has 0 saturated carbocycles. The summed E-state index contributed by atoms with van der Waals surface area (Å²) in [6, 6.07) is 0.610. The van der Waals surface area contributed by atoms with E-state index in [1.54, 1.807) is 0 Å². The Labute approximate surface area is 91.5 Å². The maximum absolute atomic E-state index is 9.20. The highest BCUT2D eigenvalue weighted by molar-refractivity contribution is 4.87. The van der Waals surface area contributed by atoms with Gasteiger partial charge in [-0.05, 0) is 38.9 Å². The van der Waals surface area contributed by atoms with Crippen LogP contribution in [0.2, 0.25) is 0 Å². The molecular formula is C11H22N2O2. The molecule has 2 N–H and O–H groups in total. The number of hydrogen-bond acceptors (Lipinski definition) is 4. The second-order valence-electron chi connectivity index (χ2n) is 4.70. The van der Waals surface area contributed by atoms with E-state index in [1.807, 2.05) is 0 Å². The zero-order chi connectivity index (χ0) is 10.7. The zero-order valence-corrected chi connectivity index (χ0v) is 9.31. The van der Waals surface area contributed by atoms with Crippen LogP contribution in [0.4, 0.5) is 0 Å². The highest BCUT2D eigenvalue weighted by atomic mass is 16.3. The second-order valence-corrected chi connectivity index (χ2v) is 4.70. The summed E-state index contributed by atoms with van der Waals surface area (Å²) in [4.78, 5) is 4.82. The average molecular weight is 214 g/mol. The average Bonchev–Trinajstić information content (AvgIpc) is 2.59. The summed E-state index contributed by atoms with van der Waals surface area (Å²) >= 11 is 0. The molecule has 2 fully saturated rings. The summed E-state index contributed by atoms with van der Waals surface area (Å²) in [5, 5.41) is 18.4. The van der Waals surface area contributed by atoms with Gasteiger partial charge in [-0.2, -0.15) is 0 Å². The quantitative estimate of drug-likeness (QED) is 0.665. The molecule has 2 saturated heterocycles. The molecule has 0 aromatic carbocycles. The topological polar surface area (TPSA) is 46.9 Å². The molecule has 88 valence electrons. The number of aliphatic hydroxyl groups excluding tert-OH is 2. The van der Waals surface area contributed by atoms with Gasteiger partial charge >= 0.3 is 0 Å². The predicted molar refractivity (Wildman–Crippen MR) is 58.7 cm³/mol. The molecule has 4 heteroatoms. The van der Waals surface area contributed by atoms with E-state index in [2.05, 4.69) is 9.80 Å². The first-order valence-corrected chi connectivity index (χ1v) is 6.05. The largest absolute Gasteiger partial charge is 0.395 e. The van der Waals surface area contributed by atoms with E-state index in [4.69, 9.17) is 0 Å². The molecular weight excluding hydrogens is 192 g/mol. The minimum atomic E-state index is -0.0504. The van der Waals surface area contributed by atoms with Crippen LogP contribution >= 0.6 is 0 Å². The molecule has 0 aliphatic carbocycles. The van der Waals surface area contributed by atoms with Gasteiger partial charge in [0.1, 0.15) is 0 Å². The SMILES string of the molecule is OCC(CO)N1CCCN2CCC[C@H]2C1. The van der Waals surface area contributed by atoms with E-state index in [-0.39, 0.29) is 19.3 Å². The van der Waals surface area contributed by atoms with Crippen molar-refractivity contribution >= 4 is 0 Å². The molecule has 1 atom stereocenters. The minimum Gasteiger partial charge on any atom is -0.395 e. The molecule has 0 bridgehead atoms. The van der Waals surface area contributed by atoms with Crippen LogP contribution in [0.25, 0.3) is 0 Å². The van der Waals surface area contributed by atoms with E-state index < -0.39 is 0 Å². The van der Waals surface area contributed by atoms with Crippen LogP contribution in [0, 0.1) is 0 Å². The predicted octanol–water partition coefficient (Wildman–Crippen LogP) is -0.490. The van der Waals surface area contributed by atoms with Crippen molar-refractivity contribution in [3.8, 4) is 0 Å². The first-order valence-electron chi connectivity index (χ1n) is 6.05. The van der Waals surface area contributed by atoms with Gasteiger partial charge in [-0.1, -0.05) is 0 Å². The molecule has 2 aliphatic rings. The lowest BCUT2D eigenvalue weighted by atomic mass is 10.2. The molecule has 0 amide bonds. The number of aliphatic hydroxyl groups is 2. The van der Waals surface area contributed by atoms with Crippen molar-refractivity contribution < 1.29 is 10.2 Å². The third-order valence-corrected chi connectivity index (χ3v) is 3.77. The lowest BCUT2D eigenvalue weighted by Gasteiger charge is -2.30. The van der Waals surface area contributed by atoms with Gasteiger partial charge in [0, 0.05) is 12.6 Å². The van der Waals surface area contributed by atoms with Crippen molar-refractivity contribution in [1.29, 1.82) is 0 Å². The maximum Gasteiger partial charge on any atom is 0.0609 e. The standard InChI is InChI=1S/C11H22N2O2/c14-8-11(9-15)13-6-2-5-12-4-1-3-10(12)7-13/h10-11,14-15H,1-9H2/t10-/m0/s1. The van der Waals surface area contributed by atoms with Crippen LogP contribution < -0.4 is 0 Å². The molecule has 0 radical (unpaired) electrons. The van der Waals surface area contributed by atoms with Crippen molar-refractivity contribution in [3.05, 3.63) is 0 Å². The maximum atomic E-state index is 9.20. The lowest BCUT2D eigenvalue weighted by molar-refractivity contribution is 0.0690. The Hall–Kier alpha value is -0.160. The molecule has 2 aliphatic heterocycles. The monoisotopic (exact) mass is 214 g/mol. The van der Waals surface area contributed by atoms with E-state index in [0.717, 1.165) is 19.5 Å². The van der Waals surface area contributed by atoms with Crippen LogP contribution in [0.1, 0.15) is 19.3 Å². The second kappa shape index (κ2) is 5.25. The zero-order valence-electron chi connectivity index (χ0n) is 9.31. The number of fused-ring (bicyclic) bond motifs is 1. The molecule has 0 aromatic rings. The van der Waals surface area contributed by atoms with E-state index in [0.29, 0.717) is 6.04 Å². The molecule has 15 heavy (non-hydrogen) atoms. The Balaban J connectivity index is 1.95. The van der Waals surface area contributed by atoms with E-state index >= 15 is 0 Å². The fraction of sp³-hybridized carbons (Fsp3) is 1.00. The molecule has 0 unspecified atom stereocenters. The van der Waals surface area contributed by atoms with Crippen molar-refractivity contribution in [2.24, 2.45) is 0 Å². The summed E-state index contributed by atoms with van der Waals surface area (Å²) in [7, 11) is 0. The van der Waals surface area contributed by atoms with Crippen LogP contribution in [-0.4, -0.2) is 71.5 Å². The highest BCUT2D eigenvalue weighted by Gasteiger charge is 2.30. The fourth-order valence-electron chi connectivity index (χ4n) is 2.86. The Bertz CT molecular complexity index is 197. The van der Waals surface area contributed by atoms with Gasteiger partial charge in [0.25, 0.3) is 0 Å². The Morgan fingerprint density at radius 3 is 2.53 bits per heavy atom. The van der Waals surface area contributed by atoms with Crippen molar-refractivity contribution in [2.75, 3.05) is 39.4 Å². The van der Waals surface area contributed by atoms with Crippen molar-refractivity contribution in [1.82, 2.24) is 9.80 Å². The van der Waals surface area contributed by atoms with Crippen molar-refractivity contribution in [2.45, 2.75) is 31.3 Å². The molecule has 4 nitrogen and oxygen atoms in total. The van der Waals surface area contributed by atoms with Gasteiger partial charge in [0.15, 0.2) is 0 Å². The van der Waals surface area contributed by atoms with Crippen LogP contribution in [-0.2, 0) is 0 Å². The van der Waals surface area contributed by atoms with Gasteiger partial charge in [-0.15, -0.1) is 0 Å². The van der Waals surface area contributed by atoms with Gasteiger partial charge in [0.2, 0.25) is 0 Å². The normalized spacial score (nSPS) is 29.4. The fourth-order valence-corrected chi connectivity index (χ4v) is 2.86. The van der Waals surface area contributed by atoms with Gasteiger partial charge in [-0.3, -0.25) is 9.80 Å². The third-order valence-electron chi connectivity index (χ3n) is 3.77. The summed E-state index contributed by atoms with van der Waals surface area (Å²) in [6.45, 7) is 4.60. The Morgan fingerprint density at radius 2 is 1.80 bits per heavy atom. The van der Waals surface area contributed by atoms with Crippen LogP contribution in [0.15, 0.2) is 0 Å². The summed E-state index contributed by atoms with van der Waals surface area (Å²) in [5.74, 6) is 0.